The molecule has 5 rings (SSSR count). The van der Waals surface area contributed by atoms with Crippen LogP contribution < -0.4 is 10.1 Å². The van der Waals surface area contributed by atoms with Gasteiger partial charge in [0, 0.05) is 30.3 Å². The summed E-state index contributed by atoms with van der Waals surface area (Å²) in [6, 6.07) is 10.4. The number of nitrogens with zero attached hydrogens (tertiary/aromatic N) is 2. The van der Waals surface area contributed by atoms with Crippen molar-refractivity contribution >= 4 is 29.2 Å². The van der Waals surface area contributed by atoms with Crippen LogP contribution in [0.2, 0.25) is 5.02 Å². The molecule has 0 saturated heterocycles. The van der Waals surface area contributed by atoms with Crippen LogP contribution in [0.15, 0.2) is 53.9 Å². The zero-order valence-electron chi connectivity index (χ0n) is 18.6. The Balaban J connectivity index is 1.35. The predicted molar refractivity (Wildman–Crippen MR) is 127 cm³/mol. The summed E-state index contributed by atoms with van der Waals surface area (Å²) >= 11 is 6.31. The summed E-state index contributed by atoms with van der Waals surface area (Å²) in [6.45, 7) is 0.394. The van der Waals surface area contributed by atoms with Gasteiger partial charge >= 0.3 is 0 Å². The Morgan fingerprint density at radius 3 is 2.82 bits per heavy atom. The molecule has 1 aromatic heterocycles. The Morgan fingerprint density at radius 1 is 1.18 bits per heavy atom. The fourth-order valence-electron chi connectivity index (χ4n) is 5.22. The van der Waals surface area contributed by atoms with E-state index in [1.165, 1.54) is 32.1 Å². The Morgan fingerprint density at radius 2 is 2.03 bits per heavy atom. The highest BCUT2D eigenvalue weighted by Gasteiger charge is 2.42. The van der Waals surface area contributed by atoms with Crippen LogP contribution in [0.1, 0.15) is 50.5 Å². The van der Waals surface area contributed by atoms with Crippen molar-refractivity contribution < 1.29 is 14.3 Å². The Labute approximate surface area is 199 Å². The van der Waals surface area contributed by atoms with Gasteiger partial charge in [0.05, 0.1) is 5.02 Å². The van der Waals surface area contributed by atoms with Crippen molar-refractivity contribution in [2.75, 3.05) is 11.9 Å². The molecule has 1 saturated carbocycles. The summed E-state index contributed by atoms with van der Waals surface area (Å²) in [5.74, 6) is 1.54. The molecule has 3 heterocycles. The van der Waals surface area contributed by atoms with E-state index in [0.717, 1.165) is 17.6 Å². The quantitative estimate of drug-likeness (QED) is 0.641. The average Bonchev–Trinajstić information content (AvgIpc) is 3.15. The van der Waals surface area contributed by atoms with Crippen LogP contribution in [0, 0.1) is 5.92 Å². The highest BCUT2D eigenvalue weighted by atomic mass is 35.5. The minimum absolute atomic E-state index is 0.201. The van der Waals surface area contributed by atoms with Gasteiger partial charge in [0.1, 0.15) is 17.6 Å². The molecule has 1 aromatic carbocycles. The van der Waals surface area contributed by atoms with Crippen LogP contribution in [-0.4, -0.2) is 34.3 Å². The lowest BCUT2D eigenvalue weighted by Gasteiger charge is -2.29. The largest absolute Gasteiger partial charge is 0.450 e. The molecule has 2 aliphatic heterocycles. The van der Waals surface area contributed by atoms with E-state index in [1.54, 1.807) is 29.3 Å². The summed E-state index contributed by atoms with van der Waals surface area (Å²) in [5.41, 5.74) is 1.87. The molecule has 0 radical (unpaired) electrons. The van der Waals surface area contributed by atoms with E-state index in [-0.39, 0.29) is 11.8 Å². The SMILES string of the molecule is O=C(Nc1ccccn1)C(CCC1CCCCC1)N1CC2=C(Oc3c(Cl)cccc3C2)C1=O. The number of hydrogen-bond donors (Lipinski definition) is 1. The normalized spacial score (nSPS) is 19.1. The standard InChI is InChI=1S/C26H28ClN3O3/c27-20-10-6-9-18-15-19-16-30(26(32)24(19)33-23(18)20)21(13-12-17-7-2-1-3-8-17)25(31)29-22-11-4-5-14-28-22/h4-6,9-11,14,17,21H,1-3,7-8,12-13,15-16H2,(H,28,29,31). The lowest BCUT2D eigenvalue weighted by atomic mass is 9.85. The molecule has 33 heavy (non-hydrogen) atoms. The molecular formula is C26H28ClN3O3. The molecule has 1 atom stereocenters. The first-order chi connectivity index (χ1) is 16.1. The molecule has 2 amide bonds. The first kappa shape index (κ1) is 22.0. The van der Waals surface area contributed by atoms with Crippen molar-refractivity contribution in [1.82, 2.24) is 9.88 Å². The van der Waals surface area contributed by atoms with Crippen LogP contribution in [-0.2, 0) is 16.0 Å². The molecule has 1 fully saturated rings. The van der Waals surface area contributed by atoms with Gasteiger partial charge in [-0.3, -0.25) is 9.59 Å². The molecule has 2 aromatic rings. The molecule has 6 nitrogen and oxygen atoms in total. The van der Waals surface area contributed by atoms with E-state index in [4.69, 9.17) is 16.3 Å². The lowest BCUT2D eigenvalue weighted by molar-refractivity contribution is -0.135. The smallest absolute Gasteiger partial charge is 0.290 e. The third-order valence-corrected chi connectivity index (χ3v) is 7.26. The topological polar surface area (TPSA) is 71.5 Å². The number of para-hydroxylation sites is 1. The zero-order valence-corrected chi connectivity index (χ0v) is 19.3. The lowest BCUT2D eigenvalue weighted by Crippen LogP contribution is -2.46. The Kier molecular flexibility index (Phi) is 6.36. The minimum Gasteiger partial charge on any atom is -0.450 e. The molecule has 172 valence electrons. The van der Waals surface area contributed by atoms with Crippen molar-refractivity contribution in [2.24, 2.45) is 5.92 Å². The Hall–Kier alpha value is -2.86. The van der Waals surface area contributed by atoms with E-state index in [1.807, 2.05) is 18.2 Å². The number of carbonyl (C=O) groups is 2. The number of halogens is 1. The zero-order chi connectivity index (χ0) is 22.8. The van der Waals surface area contributed by atoms with Gasteiger partial charge < -0.3 is 15.0 Å². The fraction of sp³-hybridized carbons (Fsp3) is 0.423. The van der Waals surface area contributed by atoms with E-state index < -0.39 is 6.04 Å². The van der Waals surface area contributed by atoms with Crippen molar-refractivity contribution in [1.29, 1.82) is 0 Å². The summed E-state index contributed by atoms with van der Waals surface area (Å²) in [6.07, 6.45) is 10.0. The van der Waals surface area contributed by atoms with E-state index in [0.29, 0.717) is 47.7 Å². The number of fused-ring (bicyclic) bond motifs is 1. The van der Waals surface area contributed by atoms with E-state index in [9.17, 15) is 9.59 Å². The molecule has 1 N–H and O–H groups in total. The summed E-state index contributed by atoms with van der Waals surface area (Å²) in [5, 5.41) is 3.40. The van der Waals surface area contributed by atoms with Gasteiger partial charge in [-0.2, -0.15) is 0 Å². The maximum Gasteiger partial charge on any atom is 0.290 e. The van der Waals surface area contributed by atoms with Gasteiger partial charge in [-0.1, -0.05) is 61.9 Å². The van der Waals surface area contributed by atoms with Gasteiger partial charge in [-0.25, -0.2) is 4.98 Å². The highest BCUT2D eigenvalue weighted by molar-refractivity contribution is 6.32. The number of nitrogens with one attached hydrogen (secondary N) is 1. The second-order valence-electron chi connectivity index (χ2n) is 9.17. The monoisotopic (exact) mass is 465 g/mol. The van der Waals surface area contributed by atoms with Gasteiger partial charge in [0.15, 0.2) is 5.76 Å². The number of amides is 2. The maximum atomic E-state index is 13.4. The number of ether oxygens (including phenoxy) is 1. The second kappa shape index (κ2) is 9.56. The maximum absolute atomic E-state index is 13.4. The van der Waals surface area contributed by atoms with Crippen LogP contribution >= 0.6 is 11.6 Å². The molecule has 0 spiro atoms. The van der Waals surface area contributed by atoms with Crippen molar-refractivity contribution in [3.05, 3.63) is 64.5 Å². The summed E-state index contributed by atoms with van der Waals surface area (Å²) in [7, 11) is 0. The number of aromatic nitrogens is 1. The van der Waals surface area contributed by atoms with Crippen molar-refractivity contribution in [2.45, 2.75) is 57.4 Å². The number of pyridine rings is 1. The van der Waals surface area contributed by atoms with Crippen LogP contribution in [0.25, 0.3) is 0 Å². The Bertz CT molecular complexity index is 1080. The first-order valence-electron chi connectivity index (χ1n) is 11.8. The number of benzene rings is 1. The van der Waals surface area contributed by atoms with Gasteiger partial charge in [-0.15, -0.1) is 0 Å². The van der Waals surface area contributed by atoms with Crippen molar-refractivity contribution in [3.8, 4) is 5.75 Å². The molecule has 7 heteroatoms. The van der Waals surface area contributed by atoms with Gasteiger partial charge in [-0.05, 0) is 37.0 Å². The van der Waals surface area contributed by atoms with Crippen molar-refractivity contribution in [3.63, 3.8) is 0 Å². The summed E-state index contributed by atoms with van der Waals surface area (Å²) < 4.78 is 5.98. The number of rotatable bonds is 6. The molecule has 3 aliphatic rings. The van der Waals surface area contributed by atoms with E-state index >= 15 is 0 Å². The minimum atomic E-state index is -0.575. The predicted octanol–water partition coefficient (Wildman–Crippen LogP) is 5.13. The van der Waals surface area contributed by atoms with Gasteiger partial charge in [0.25, 0.3) is 5.91 Å². The molecular weight excluding hydrogens is 438 g/mol. The summed E-state index contributed by atoms with van der Waals surface area (Å²) in [4.78, 5) is 32.7. The number of carbonyl (C=O) groups excluding carboxylic acids is 2. The number of anilines is 1. The molecule has 0 bridgehead atoms. The fourth-order valence-corrected chi connectivity index (χ4v) is 5.45. The van der Waals surface area contributed by atoms with Gasteiger partial charge in [0.2, 0.25) is 5.91 Å². The second-order valence-corrected chi connectivity index (χ2v) is 9.58. The first-order valence-corrected chi connectivity index (χ1v) is 12.2. The molecule has 1 unspecified atom stereocenters. The third kappa shape index (κ3) is 4.62. The van der Waals surface area contributed by atoms with Crippen LogP contribution in [0.5, 0.6) is 5.75 Å². The van der Waals surface area contributed by atoms with Crippen LogP contribution in [0.4, 0.5) is 5.82 Å². The van der Waals surface area contributed by atoms with Crippen LogP contribution in [0.3, 0.4) is 0 Å². The highest BCUT2D eigenvalue weighted by Crippen LogP contribution is 2.40. The molecule has 1 aliphatic carbocycles. The average molecular weight is 466 g/mol. The number of hydrogen-bond acceptors (Lipinski definition) is 4. The van der Waals surface area contributed by atoms with E-state index in [2.05, 4.69) is 10.3 Å². The third-order valence-electron chi connectivity index (χ3n) is 6.96.